The summed E-state index contributed by atoms with van der Waals surface area (Å²) in [5, 5.41) is 15.9. The van der Waals surface area contributed by atoms with E-state index in [0.29, 0.717) is 11.4 Å². The molecule has 2 aromatic rings. The number of nitrogens with one attached hydrogen (secondary N) is 2. The number of tetrazole rings is 1. The number of rotatable bonds is 5. The zero-order chi connectivity index (χ0) is 13.0. The number of H-pyrrole nitrogens is 1. The largest absolute Gasteiger partial charge is 0.471 e. The minimum Gasteiger partial charge on any atom is -0.471 e. The lowest BCUT2D eigenvalue weighted by molar-refractivity contribution is 0.175. The van der Waals surface area contributed by atoms with Gasteiger partial charge in [-0.05, 0) is 10.4 Å². The molecule has 0 spiro atoms. The Hall–Kier alpha value is -2.84. The zero-order valence-electron chi connectivity index (χ0n) is 9.16. The molecule has 9 nitrogen and oxygen atoms in total. The van der Waals surface area contributed by atoms with E-state index < -0.39 is 5.69 Å². The molecule has 18 heavy (non-hydrogen) atoms. The molecule has 4 N–H and O–H groups in total. The van der Waals surface area contributed by atoms with Crippen LogP contribution in [-0.4, -0.2) is 26.4 Å². The van der Waals surface area contributed by atoms with Crippen molar-refractivity contribution < 1.29 is 9.15 Å². The summed E-state index contributed by atoms with van der Waals surface area (Å²) < 4.78 is 11.3. The van der Waals surface area contributed by atoms with E-state index in [0.717, 1.165) is 10.9 Å². The Labute approximate surface area is 100 Å². The van der Waals surface area contributed by atoms with Crippen molar-refractivity contribution >= 4 is 6.21 Å². The van der Waals surface area contributed by atoms with Crippen molar-refractivity contribution in [3.63, 3.8) is 0 Å². The van der Waals surface area contributed by atoms with E-state index in [1.807, 2.05) is 0 Å². The molecule has 0 aromatic carbocycles. The van der Waals surface area contributed by atoms with E-state index >= 15 is 0 Å². The number of hydrogen-bond donors (Lipinski definition) is 3. The lowest BCUT2D eigenvalue weighted by Gasteiger charge is -2.04. The number of allylic oxidation sites excluding steroid dienone is 1. The molecule has 0 unspecified atom stereocenters. The predicted molar refractivity (Wildman–Crippen MR) is 60.1 cm³/mol. The van der Waals surface area contributed by atoms with E-state index in [1.54, 1.807) is 6.07 Å². The molecule has 0 aliphatic heterocycles. The van der Waals surface area contributed by atoms with Crippen LogP contribution >= 0.6 is 0 Å². The summed E-state index contributed by atoms with van der Waals surface area (Å²) in [4.78, 5) is 11.3. The molecule has 0 atom stereocenters. The fraction of sp³-hybridized carbons (Fsp3) is 0.111. The molecule has 9 heteroatoms. The maximum atomic E-state index is 11.3. The van der Waals surface area contributed by atoms with E-state index in [1.165, 1.54) is 12.3 Å². The highest BCUT2D eigenvalue weighted by molar-refractivity contribution is 5.68. The number of furan rings is 1. The van der Waals surface area contributed by atoms with Crippen molar-refractivity contribution in [2.45, 2.75) is 6.61 Å². The maximum Gasteiger partial charge on any atom is 0.365 e. The molecule has 0 aliphatic rings. The summed E-state index contributed by atoms with van der Waals surface area (Å²) in [5.41, 5.74) is 5.37. The number of nitrogens with two attached hydrogens (primary N) is 1. The first-order valence-electron chi connectivity index (χ1n) is 4.88. The second-order valence-electron chi connectivity index (χ2n) is 3.17. The van der Waals surface area contributed by atoms with Crippen LogP contribution in [0.4, 0.5) is 0 Å². The molecule has 2 aromatic heterocycles. The third kappa shape index (κ3) is 2.29. The lowest BCUT2D eigenvalue weighted by Crippen LogP contribution is -2.17. The molecule has 0 bridgehead atoms. The van der Waals surface area contributed by atoms with Crippen LogP contribution in [0.5, 0.6) is 0 Å². The van der Waals surface area contributed by atoms with Crippen LogP contribution in [0.3, 0.4) is 0 Å². The summed E-state index contributed by atoms with van der Waals surface area (Å²) in [6.45, 7) is 0.0117. The molecule has 0 saturated heterocycles. The van der Waals surface area contributed by atoms with Crippen molar-refractivity contribution in [3.05, 3.63) is 40.5 Å². The van der Waals surface area contributed by atoms with Gasteiger partial charge in [0.2, 0.25) is 0 Å². The predicted octanol–water partition coefficient (Wildman–Crippen LogP) is -0.485. The first kappa shape index (κ1) is 11.6. The summed E-state index contributed by atoms with van der Waals surface area (Å²) in [6, 6.07) is 1.55. The van der Waals surface area contributed by atoms with Crippen LogP contribution in [0.15, 0.2) is 33.5 Å². The van der Waals surface area contributed by atoms with Gasteiger partial charge in [0.25, 0.3) is 0 Å². The van der Waals surface area contributed by atoms with Gasteiger partial charge < -0.3 is 20.3 Å². The Morgan fingerprint density at radius 1 is 1.72 bits per heavy atom. The third-order valence-electron chi connectivity index (χ3n) is 2.04. The van der Waals surface area contributed by atoms with Gasteiger partial charge >= 0.3 is 5.69 Å². The minimum absolute atomic E-state index is 0.0117. The highest BCUT2D eigenvalue weighted by Gasteiger charge is 2.12. The molecule has 94 valence electrons. The zero-order valence-corrected chi connectivity index (χ0v) is 9.16. The minimum atomic E-state index is -0.486. The standard InChI is InChI=1S/C9H10N6O3/c10-3-1-8(11)18-5-7-6(2-4-17-7)15-9(16)12-13-14-15/h1-4,10H,5,11H2,(H,12,14,16). The fourth-order valence-electron chi connectivity index (χ4n) is 1.27. The Kier molecular flexibility index (Phi) is 3.23. The van der Waals surface area contributed by atoms with E-state index in [2.05, 4.69) is 15.5 Å². The van der Waals surface area contributed by atoms with Gasteiger partial charge in [0.15, 0.2) is 11.6 Å². The smallest absolute Gasteiger partial charge is 0.365 e. The molecule has 0 amide bonds. The van der Waals surface area contributed by atoms with Crippen molar-refractivity contribution in [1.29, 1.82) is 5.41 Å². The summed E-state index contributed by atoms with van der Waals surface area (Å²) in [5.74, 6) is 0.437. The molecule has 2 rings (SSSR count). The van der Waals surface area contributed by atoms with Crippen LogP contribution < -0.4 is 11.4 Å². The summed E-state index contributed by atoms with van der Waals surface area (Å²) >= 11 is 0. The van der Waals surface area contributed by atoms with Gasteiger partial charge in [0.1, 0.15) is 12.3 Å². The summed E-state index contributed by atoms with van der Waals surface area (Å²) in [6.07, 6.45) is 3.68. The average Bonchev–Trinajstić information content (AvgIpc) is 2.95. The first-order valence-corrected chi connectivity index (χ1v) is 4.88. The molecule has 0 saturated carbocycles. The van der Waals surface area contributed by atoms with Crippen LogP contribution in [0.1, 0.15) is 5.76 Å². The molecule has 0 radical (unpaired) electrons. The van der Waals surface area contributed by atoms with Gasteiger partial charge in [-0.2, -0.15) is 4.68 Å². The first-order chi connectivity index (χ1) is 8.72. The van der Waals surface area contributed by atoms with Crippen molar-refractivity contribution in [2.24, 2.45) is 5.73 Å². The Morgan fingerprint density at radius 3 is 3.22 bits per heavy atom. The number of aromatic amines is 1. The van der Waals surface area contributed by atoms with E-state index in [4.69, 9.17) is 20.3 Å². The second kappa shape index (κ2) is 4.99. The molecular formula is C9H10N6O3. The monoisotopic (exact) mass is 250 g/mol. The van der Waals surface area contributed by atoms with Crippen molar-refractivity contribution in [1.82, 2.24) is 20.2 Å². The van der Waals surface area contributed by atoms with Gasteiger partial charge in [-0.15, -0.1) is 0 Å². The lowest BCUT2D eigenvalue weighted by atomic mass is 10.4. The maximum absolute atomic E-state index is 11.3. The average molecular weight is 250 g/mol. The SMILES string of the molecule is N=CC=C(N)OCc1occc1-n1nn[nH]c1=O. The van der Waals surface area contributed by atoms with Crippen LogP contribution in [-0.2, 0) is 11.3 Å². The Bertz CT molecular complexity index is 622. The quantitative estimate of drug-likeness (QED) is 0.484. The van der Waals surface area contributed by atoms with Crippen molar-refractivity contribution in [2.75, 3.05) is 0 Å². The number of ether oxygens (including phenoxy) is 1. The molecule has 0 aliphatic carbocycles. The van der Waals surface area contributed by atoms with Gasteiger partial charge in [-0.1, -0.05) is 0 Å². The second-order valence-corrected chi connectivity index (χ2v) is 3.17. The Balaban J connectivity index is 2.19. The Morgan fingerprint density at radius 2 is 2.56 bits per heavy atom. The molecule has 0 fully saturated rings. The van der Waals surface area contributed by atoms with E-state index in [9.17, 15) is 4.79 Å². The highest BCUT2D eigenvalue weighted by atomic mass is 16.5. The van der Waals surface area contributed by atoms with Gasteiger partial charge in [0.05, 0.1) is 6.26 Å². The van der Waals surface area contributed by atoms with E-state index in [-0.39, 0.29) is 12.5 Å². The normalized spacial score (nSPS) is 11.4. The van der Waals surface area contributed by atoms with Crippen LogP contribution in [0, 0.1) is 5.41 Å². The van der Waals surface area contributed by atoms with Crippen LogP contribution in [0.2, 0.25) is 0 Å². The molecule has 2 heterocycles. The molecular weight excluding hydrogens is 240 g/mol. The van der Waals surface area contributed by atoms with Gasteiger partial charge in [0, 0.05) is 18.4 Å². The third-order valence-corrected chi connectivity index (χ3v) is 2.04. The number of hydrogen-bond acceptors (Lipinski definition) is 7. The number of aromatic nitrogens is 4. The summed E-state index contributed by atoms with van der Waals surface area (Å²) in [7, 11) is 0. The fourth-order valence-corrected chi connectivity index (χ4v) is 1.27. The van der Waals surface area contributed by atoms with Crippen LogP contribution in [0.25, 0.3) is 5.69 Å². The van der Waals surface area contributed by atoms with Crippen molar-refractivity contribution in [3.8, 4) is 5.69 Å². The number of nitrogens with zero attached hydrogens (tertiary/aromatic N) is 3. The van der Waals surface area contributed by atoms with Gasteiger partial charge in [-0.3, -0.25) is 0 Å². The highest BCUT2D eigenvalue weighted by Crippen LogP contribution is 2.14. The topological polar surface area (TPSA) is 136 Å². The van der Waals surface area contributed by atoms with Gasteiger partial charge in [-0.25, -0.2) is 9.89 Å².